The van der Waals surface area contributed by atoms with Gasteiger partial charge in [0.15, 0.2) is 0 Å². The van der Waals surface area contributed by atoms with Crippen LogP contribution in [0.2, 0.25) is 0 Å². The highest BCUT2D eigenvalue weighted by Gasteiger charge is 2.22. The molecule has 29 heavy (non-hydrogen) atoms. The summed E-state index contributed by atoms with van der Waals surface area (Å²) in [6.45, 7) is 0.347. The van der Waals surface area contributed by atoms with E-state index in [9.17, 15) is 18.8 Å². The van der Waals surface area contributed by atoms with Gasteiger partial charge in [-0.2, -0.15) is 0 Å². The van der Waals surface area contributed by atoms with Crippen LogP contribution in [0.1, 0.15) is 24.0 Å². The summed E-state index contributed by atoms with van der Waals surface area (Å²) >= 11 is 0. The van der Waals surface area contributed by atoms with Crippen molar-refractivity contribution in [2.24, 2.45) is 5.73 Å². The Bertz CT molecular complexity index is 812. The first-order chi connectivity index (χ1) is 13.9. The number of halogens is 1. The van der Waals surface area contributed by atoms with E-state index >= 15 is 0 Å². The fourth-order valence-electron chi connectivity index (χ4n) is 2.57. The SMILES string of the molecule is NC(=O)CCC(NC(=O)OCc1ccccc1)C(=O)NCCc1ccc(F)cc1. The number of hydrogen-bond donors (Lipinski definition) is 3. The lowest BCUT2D eigenvalue weighted by Gasteiger charge is -2.18. The summed E-state index contributed by atoms with van der Waals surface area (Å²) in [6, 6.07) is 14.1. The Morgan fingerprint density at radius 1 is 1.00 bits per heavy atom. The summed E-state index contributed by atoms with van der Waals surface area (Å²) in [7, 11) is 0. The van der Waals surface area contributed by atoms with E-state index in [0.29, 0.717) is 6.42 Å². The van der Waals surface area contributed by atoms with E-state index < -0.39 is 23.9 Å². The van der Waals surface area contributed by atoms with Crippen LogP contribution in [0.15, 0.2) is 54.6 Å². The molecule has 1 unspecified atom stereocenters. The van der Waals surface area contributed by atoms with E-state index in [0.717, 1.165) is 11.1 Å². The van der Waals surface area contributed by atoms with E-state index in [1.54, 1.807) is 24.3 Å². The average Bonchev–Trinajstić information content (AvgIpc) is 2.71. The van der Waals surface area contributed by atoms with Gasteiger partial charge in [-0.05, 0) is 36.1 Å². The predicted molar refractivity (Wildman–Crippen MR) is 105 cm³/mol. The second-order valence-electron chi connectivity index (χ2n) is 6.43. The Morgan fingerprint density at radius 2 is 1.69 bits per heavy atom. The molecule has 0 aliphatic rings. The Hall–Kier alpha value is -3.42. The number of alkyl carbamates (subject to hydrolysis) is 1. The average molecular weight is 401 g/mol. The number of carbonyl (C=O) groups excluding carboxylic acids is 3. The highest BCUT2D eigenvalue weighted by molar-refractivity contribution is 5.86. The molecule has 0 aliphatic heterocycles. The third kappa shape index (κ3) is 8.42. The zero-order valence-corrected chi connectivity index (χ0v) is 15.9. The lowest BCUT2D eigenvalue weighted by Crippen LogP contribution is -2.47. The van der Waals surface area contributed by atoms with Crippen molar-refractivity contribution in [1.82, 2.24) is 10.6 Å². The second-order valence-corrected chi connectivity index (χ2v) is 6.43. The maximum absolute atomic E-state index is 12.9. The second kappa shape index (κ2) is 11.4. The van der Waals surface area contributed by atoms with Gasteiger partial charge < -0.3 is 21.1 Å². The van der Waals surface area contributed by atoms with Crippen LogP contribution < -0.4 is 16.4 Å². The third-order valence-corrected chi connectivity index (χ3v) is 4.13. The molecule has 4 N–H and O–H groups in total. The van der Waals surface area contributed by atoms with Crippen molar-refractivity contribution >= 4 is 17.9 Å². The number of benzene rings is 2. The molecule has 1 atom stereocenters. The summed E-state index contributed by atoms with van der Waals surface area (Å²) in [5.74, 6) is -1.36. The van der Waals surface area contributed by atoms with Crippen LogP contribution in [-0.2, 0) is 27.4 Å². The van der Waals surface area contributed by atoms with E-state index in [4.69, 9.17) is 10.5 Å². The Kier molecular flexibility index (Phi) is 8.62. The number of amides is 3. The topological polar surface area (TPSA) is 111 Å². The van der Waals surface area contributed by atoms with Crippen molar-refractivity contribution in [2.45, 2.75) is 31.9 Å². The molecule has 0 heterocycles. The van der Waals surface area contributed by atoms with Crippen LogP contribution in [0.5, 0.6) is 0 Å². The van der Waals surface area contributed by atoms with Gasteiger partial charge in [0.1, 0.15) is 18.5 Å². The van der Waals surface area contributed by atoms with Gasteiger partial charge in [0.2, 0.25) is 11.8 Å². The van der Waals surface area contributed by atoms with Crippen molar-refractivity contribution in [3.05, 3.63) is 71.5 Å². The van der Waals surface area contributed by atoms with Crippen LogP contribution in [-0.4, -0.2) is 30.5 Å². The quantitative estimate of drug-likeness (QED) is 0.566. The van der Waals surface area contributed by atoms with E-state index in [-0.39, 0.29) is 31.8 Å². The summed E-state index contributed by atoms with van der Waals surface area (Å²) in [6.07, 6.45) is -0.280. The first kappa shape index (κ1) is 21.9. The molecular weight excluding hydrogens is 377 g/mol. The molecule has 2 rings (SSSR count). The van der Waals surface area contributed by atoms with Crippen molar-refractivity contribution in [2.75, 3.05) is 6.54 Å². The number of hydrogen-bond acceptors (Lipinski definition) is 4. The van der Waals surface area contributed by atoms with E-state index in [2.05, 4.69) is 10.6 Å². The molecule has 8 heteroatoms. The number of ether oxygens (including phenoxy) is 1. The standard InChI is InChI=1S/C21H24FN3O4/c22-17-8-6-15(7-9-17)12-13-24-20(27)18(10-11-19(23)26)25-21(28)29-14-16-4-2-1-3-5-16/h1-9,18H,10-14H2,(H2,23,26)(H,24,27)(H,25,28). The number of carbonyl (C=O) groups is 3. The molecule has 0 bridgehead atoms. The van der Waals surface area contributed by atoms with Gasteiger partial charge in [0.25, 0.3) is 0 Å². The molecule has 0 spiro atoms. The minimum atomic E-state index is -0.959. The fraction of sp³-hybridized carbons (Fsp3) is 0.286. The normalized spacial score (nSPS) is 11.3. The molecule has 0 radical (unpaired) electrons. The van der Waals surface area contributed by atoms with Crippen LogP contribution in [0.3, 0.4) is 0 Å². The predicted octanol–water partition coefficient (Wildman–Crippen LogP) is 2.04. The van der Waals surface area contributed by atoms with E-state index in [1.165, 1.54) is 12.1 Å². The summed E-state index contributed by atoms with van der Waals surface area (Å²) < 4.78 is 18.0. The lowest BCUT2D eigenvalue weighted by molar-refractivity contribution is -0.123. The Labute approximate surface area is 168 Å². The zero-order valence-electron chi connectivity index (χ0n) is 15.9. The molecule has 2 aromatic carbocycles. The van der Waals surface area contributed by atoms with Crippen molar-refractivity contribution < 1.29 is 23.5 Å². The molecule has 0 fully saturated rings. The van der Waals surface area contributed by atoms with Crippen molar-refractivity contribution in [3.8, 4) is 0 Å². The first-order valence-electron chi connectivity index (χ1n) is 9.21. The third-order valence-electron chi connectivity index (χ3n) is 4.13. The maximum Gasteiger partial charge on any atom is 0.408 e. The van der Waals surface area contributed by atoms with Crippen molar-refractivity contribution in [1.29, 1.82) is 0 Å². The zero-order chi connectivity index (χ0) is 21.1. The van der Waals surface area contributed by atoms with Gasteiger partial charge in [0, 0.05) is 13.0 Å². The first-order valence-corrected chi connectivity index (χ1v) is 9.21. The number of nitrogens with one attached hydrogen (secondary N) is 2. The minimum Gasteiger partial charge on any atom is -0.445 e. The van der Waals surface area contributed by atoms with Crippen LogP contribution in [0, 0.1) is 5.82 Å². The number of rotatable bonds is 10. The molecule has 3 amide bonds. The van der Waals surface area contributed by atoms with Gasteiger partial charge in [0.05, 0.1) is 0 Å². The molecule has 7 nitrogen and oxygen atoms in total. The molecule has 0 aromatic heterocycles. The van der Waals surface area contributed by atoms with Gasteiger partial charge in [-0.1, -0.05) is 42.5 Å². The molecule has 154 valence electrons. The maximum atomic E-state index is 12.9. The van der Waals surface area contributed by atoms with E-state index in [1.807, 2.05) is 18.2 Å². The summed E-state index contributed by atoms with van der Waals surface area (Å²) in [4.78, 5) is 35.5. The lowest BCUT2D eigenvalue weighted by atomic mass is 10.1. The van der Waals surface area contributed by atoms with Crippen LogP contribution >= 0.6 is 0 Å². The van der Waals surface area contributed by atoms with Gasteiger partial charge >= 0.3 is 6.09 Å². The Morgan fingerprint density at radius 3 is 2.34 bits per heavy atom. The van der Waals surface area contributed by atoms with Crippen molar-refractivity contribution in [3.63, 3.8) is 0 Å². The molecule has 0 saturated carbocycles. The molecule has 2 aromatic rings. The highest BCUT2D eigenvalue weighted by atomic mass is 19.1. The van der Waals surface area contributed by atoms with Gasteiger partial charge in [-0.25, -0.2) is 9.18 Å². The highest BCUT2D eigenvalue weighted by Crippen LogP contribution is 2.05. The molecule has 0 saturated heterocycles. The smallest absolute Gasteiger partial charge is 0.408 e. The van der Waals surface area contributed by atoms with Gasteiger partial charge in [-0.3, -0.25) is 9.59 Å². The fourth-order valence-corrected chi connectivity index (χ4v) is 2.57. The molecular formula is C21H24FN3O4. The summed E-state index contributed by atoms with van der Waals surface area (Å²) in [5, 5.41) is 5.16. The largest absolute Gasteiger partial charge is 0.445 e. The van der Waals surface area contributed by atoms with Crippen LogP contribution in [0.25, 0.3) is 0 Å². The number of primary amides is 1. The minimum absolute atomic E-state index is 0.0537. The van der Waals surface area contributed by atoms with Gasteiger partial charge in [-0.15, -0.1) is 0 Å². The van der Waals surface area contributed by atoms with Crippen LogP contribution in [0.4, 0.5) is 9.18 Å². The number of nitrogens with two attached hydrogens (primary N) is 1. The Balaban J connectivity index is 1.84. The monoisotopic (exact) mass is 401 g/mol. The molecule has 0 aliphatic carbocycles. The summed E-state index contributed by atoms with van der Waals surface area (Å²) in [5.41, 5.74) is 6.81.